The molecule has 0 saturated heterocycles. The molecule has 0 fully saturated rings. The van der Waals surface area contributed by atoms with Crippen molar-refractivity contribution in [3.05, 3.63) is 35.4 Å². The molecule has 33 heavy (non-hydrogen) atoms. The molecule has 180 valence electrons. The second kappa shape index (κ2) is 8.28. The molecule has 9 nitrogen and oxygen atoms in total. The summed E-state index contributed by atoms with van der Waals surface area (Å²) >= 11 is 0. The maximum absolute atomic E-state index is 13.2. The van der Waals surface area contributed by atoms with Crippen LogP contribution in [-0.4, -0.2) is 56.7 Å². The van der Waals surface area contributed by atoms with Gasteiger partial charge in [-0.1, -0.05) is 12.1 Å². The maximum atomic E-state index is 13.2. The standard InChI is InChI=1S/C24H33N3O6/c1-21(2,3)33-20(32)23(6,7)25-18(30)22(4,5)26-19(31)24(8,9)27-16(28)14-12-10-11-13-15(14)17(27)29/h10-13H,1-9H3,(H,25,30)(H,26,31). The highest BCUT2D eigenvalue weighted by Gasteiger charge is 2.49. The van der Waals surface area contributed by atoms with E-state index in [1.54, 1.807) is 32.9 Å². The normalized spacial score (nSPS) is 14.6. The Kier molecular flexibility index (Phi) is 6.53. The van der Waals surface area contributed by atoms with E-state index in [9.17, 15) is 24.0 Å². The van der Waals surface area contributed by atoms with Gasteiger partial charge in [0.05, 0.1) is 11.1 Å². The fourth-order valence-electron chi connectivity index (χ4n) is 3.19. The summed E-state index contributed by atoms with van der Waals surface area (Å²) in [4.78, 5) is 65.2. The third-order valence-electron chi connectivity index (χ3n) is 5.24. The van der Waals surface area contributed by atoms with Crippen molar-refractivity contribution in [2.75, 3.05) is 0 Å². The lowest BCUT2D eigenvalue weighted by molar-refractivity contribution is -0.163. The van der Waals surface area contributed by atoms with Crippen LogP contribution >= 0.6 is 0 Å². The second-order valence-electron chi connectivity index (χ2n) is 10.7. The van der Waals surface area contributed by atoms with Crippen LogP contribution in [-0.2, 0) is 19.1 Å². The first-order chi connectivity index (χ1) is 14.8. The summed E-state index contributed by atoms with van der Waals surface area (Å²) in [7, 11) is 0. The molecule has 4 amide bonds. The number of imide groups is 1. The third kappa shape index (κ3) is 5.23. The molecule has 0 aliphatic carbocycles. The van der Waals surface area contributed by atoms with Crippen molar-refractivity contribution < 1.29 is 28.7 Å². The van der Waals surface area contributed by atoms with E-state index in [4.69, 9.17) is 4.74 Å². The highest BCUT2D eigenvalue weighted by Crippen LogP contribution is 2.30. The van der Waals surface area contributed by atoms with Gasteiger partial charge in [-0.05, 0) is 74.4 Å². The molecular formula is C24H33N3O6. The first kappa shape index (κ1) is 26.0. The van der Waals surface area contributed by atoms with Crippen LogP contribution in [0.1, 0.15) is 83.0 Å². The molecule has 0 saturated carbocycles. The summed E-state index contributed by atoms with van der Waals surface area (Å²) in [6.45, 7) is 13.9. The van der Waals surface area contributed by atoms with Crippen LogP contribution in [0.4, 0.5) is 0 Å². The first-order valence-corrected chi connectivity index (χ1v) is 10.7. The van der Waals surface area contributed by atoms with Gasteiger partial charge in [0.25, 0.3) is 11.8 Å². The smallest absolute Gasteiger partial charge is 0.331 e. The molecule has 0 radical (unpaired) electrons. The number of nitrogens with zero attached hydrogens (tertiary/aromatic N) is 1. The zero-order valence-electron chi connectivity index (χ0n) is 20.7. The number of hydrogen-bond donors (Lipinski definition) is 2. The number of carbonyl (C=O) groups excluding carboxylic acids is 5. The Morgan fingerprint density at radius 3 is 1.58 bits per heavy atom. The predicted octanol–water partition coefficient (Wildman–Crippen LogP) is 2.19. The number of carbonyl (C=O) groups is 5. The maximum Gasteiger partial charge on any atom is 0.331 e. The molecule has 0 aromatic heterocycles. The number of ether oxygens (including phenoxy) is 1. The van der Waals surface area contributed by atoms with E-state index in [0.717, 1.165) is 4.90 Å². The number of esters is 1. The van der Waals surface area contributed by atoms with E-state index in [1.165, 1.54) is 53.7 Å². The van der Waals surface area contributed by atoms with Crippen LogP contribution in [0.25, 0.3) is 0 Å². The molecule has 0 spiro atoms. The zero-order chi connectivity index (χ0) is 25.6. The quantitative estimate of drug-likeness (QED) is 0.497. The summed E-state index contributed by atoms with van der Waals surface area (Å²) in [6, 6.07) is 6.33. The lowest BCUT2D eigenvalue weighted by Gasteiger charge is -2.37. The van der Waals surface area contributed by atoms with E-state index in [-0.39, 0.29) is 11.1 Å². The van der Waals surface area contributed by atoms with Gasteiger partial charge in [-0.2, -0.15) is 0 Å². The van der Waals surface area contributed by atoms with Gasteiger partial charge in [-0.3, -0.25) is 24.1 Å². The van der Waals surface area contributed by atoms with Crippen LogP contribution < -0.4 is 10.6 Å². The Balaban J connectivity index is 2.18. The third-order valence-corrected chi connectivity index (χ3v) is 5.24. The van der Waals surface area contributed by atoms with Gasteiger partial charge in [0, 0.05) is 0 Å². The molecule has 1 aromatic rings. The van der Waals surface area contributed by atoms with Crippen LogP contribution in [0.15, 0.2) is 24.3 Å². The Labute approximate surface area is 194 Å². The Morgan fingerprint density at radius 1 is 0.727 bits per heavy atom. The molecule has 2 N–H and O–H groups in total. The number of fused-ring (bicyclic) bond motifs is 1. The molecule has 0 atom stereocenters. The first-order valence-electron chi connectivity index (χ1n) is 10.7. The topological polar surface area (TPSA) is 122 Å². The average molecular weight is 460 g/mol. The monoisotopic (exact) mass is 459 g/mol. The van der Waals surface area contributed by atoms with E-state index in [2.05, 4.69) is 10.6 Å². The summed E-state index contributed by atoms with van der Waals surface area (Å²) in [5.41, 5.74) is -4.69. The van der Waals surface area contributed by atoms with Crippen molar-refractivity contribution in [2.45, 2.75) is 84.5 Å². The Hall–Kier alpha value is -3.23. The van der Waals surface area contributed by atoms with E-state index < -0.39 is 51.8 Å². The minimum Gasteiger partial charge on any atom is -0.458 e. The largest absolute Gasteiger partial charge is 0.458 e. The van der Waals surface area contributed by atoms with Gasteiger partial charge in [0.1, 0.15) is 22.2 Å². The van der Waals surface area contributed by atoms with Crippen molar-refractivity contribution in [1.29, 1.82) is 0 Å². The SMILES string of the molecule is CC(C)(C)OC(=O)C(C)(C)NC(=O)C(C)(C)NC(=O)C(C)(C)N1C(=O)c2ccccc2C1=O. The van der Waals surface area contributed by atoms with E-state index in [0.29, 0.717) is 0 Å². The van der Waals surface area contributed by atoms with Crippen molar-refractivity contribution in [2.24, 2.45) is 0 Å². The molecule has 1 aliphatic rings. The number of amides is 4. The van der Waals surface area contributed by atoms with Gasteiger partial charge < -0.3 is 15.4 Å². The summed E-state index contributed by atoms with van der Waals surface area (Å²) in [5.74, 6) is -3.12. The number of nitrogens with one attached hydrogen (secondary N) is 2. The van der Waals surface area contributed by atoms with Crippen molar-refractivity contribution in [3.8, 4) is 0 Å². The highest BCUT2D eigenvalue weighted by atomic mass is 16.6. The summed E-state index contributed by atoms with van der Waals surface area (Å²) < 4.78 is 5.35. The van der Waals surface area contributed by atoms with Crippen molar-refractivity contribution in [3.63, 3.8) is 0 Å². The van der Waals surface area contributed by atoms with Gasteiger partial charge in [-0.25, -0.2) is 4.79 Å². The number of benzene rings is 1. The molecule has 1 aliphatic heterocycles. The fourth-order valence-corrected chi connectivity index (χ4v) is 3.19. The molecule has 0 unspecified atom stereocenters. The molecule has 9 heteroatoms. The number of rotatable bonds is 6. The fraction of sp³-hybridized carbons (Fsp3) is 0.542. The minimum atomic E-state index is -1.58. The summed E-state index contributed by atoms with van der Waals surface area (Å²) in [6.07, 6.45) is 0. The van der Waals surface area contributed by atoms with Crippen LogP contribution in [0.3, 0.4) is 0 Å². The van der Waals surface area contributed by atoms with Gasteiger partial charge in [-0.15, -0.1) is 0 Å². The van der Waals surface area contributed by atoms with Crippen molar-refractivity contribution >= 4 is 29.6 Å². The van der Waals surface area contributed by atoms with Crippen molar-refractivity contribution in [1.82, 2.24) is 15.5 Å². The molecule has 0 bridgehead atoms. The second-order valence-corrected chi connectivity index (χ2v) is 10.7. The lowest BCUT2D eigenvalue weighted by Crippen LogP contribution is -2.66. The molecule has 1 heterocycles. The van der Waals surface area contributed by atoms with Crippen LogP contribution in [0.2, 0.25) is 0 Å². The van der Waals surface area contributed by atoms with Gasteiger partial charge >= 0.3 is 5.97 Å². The lowest BCUT2D eigenvalue weighted by atomic mass is 9.95. The minimum absolute atomic E-state index is 0.222. The highest BCUT2D eigenvalue weighted by molar-refractivity contribution is 6.23. The number of hydrogen-bond acceptors (Lipinski definition) is 6. The average Bonchev–Trinajstić information content (AvgIpc) is 2.91. The molecular weight excluding hydrogens is 426 g/mol. The van der Waals surface area contributed by atoms with E-state index >= 15 is 0 Å². The Morgan fingerprint density at radius 2 is 1.15 bits per heavy atom. The molecule has 2 rings (SSSR count). The molecule has 1 aromatic carbocycles. The predicted molar refractivity (Wildman–Crippen MR) is 121 cm³/mol. The zero-order valence-corrected chi connectivity index (χ0v) is 20.7. The van der Waals surface area contributed by atoms with E-state index in [1.807, 2.05) is 0 Å². The summed E-state index contributed by atoms with van der Waals surface area (Å²) in [5, 5.41) is 5.20. The van der Waals surface area contributed by atoms with Gasteiger partial charge in [0.15, 0.2) is 0 Å². The van der Waals surface area contributed by atoms with Crippen LogP contribution in [0.5, 0.6) is 0 Å². The Bertz CT molecular complexity index is 982. The van der Waals surface area contributed by atoms with Gasteiger partial charge in [0.2, 0.25) is 11.8 Å². The van der Waals surface area contributed by atoms with Crippen LogP contribution in [0, 0.1) is 0 Å².